The number of quaternary nitrogens is 2. The molecule has 0 heterocycles. The molecule has 0 bridgehead atoms. The Hall–Kier alpha value is -2.44. The molecule has 0 spiro atoms. The minimum Gasteiger partial charge on any atom is -0.493 e. The van der Waals surface area contributed by atoms with Gasteiger partial charge in [-0.25, -0.2) is 0 Å². The fourth-order valence-electron chi connectivity index (χ4n) is 2.96. The highest BCUT2D eigenvalue weighted by Gasteiger charge is 2.11. The molecule has 6 heteroatoms. The van der Waals surface area contributed by atoms with Gasteiger partial charge in [0.15, 0.2) is 23.0 Å². The van der Waals surface area contributed by atoms with Gasteiger partial charge in [-0.2, -0.15) is 0 Å². The molecule has 0 aliphatic carbocycles. The number of benzene rings is 2. The molecular formula is C21H32N2O4+2. The molecule has 0 radical (unpaired) electrons. The zero-order valence-electron chi connectivity index (χ0n) is 17.0. The lowest BCUT2D eigenvalue weighted by molar-refractivity contribution is -0.761. The van der Waals surface area contributed by atoms with E-state index < -0.39 is 0 Å². The van der Waals surface area contributed by atoms with Crippen molar-refractivity contribution in [2.24, 2.45) is 0 Å². The van der Waals surface area contributed by atoms with E-state index in [4.69, 9.17) is 18.9 Å². The van der Waals surface area contributed by atoms with Crippen LogP contribution in [0.5, 0.6) is 23.0 Å². The lowest BCUT2D eigenvalue weighted by Crippen LogP contribution is -2.97. The quantitative estimate of drug-likeness (QED) is 0.612. The summed E-state index contributed by atoms with van der Waals surface area (Å²) in [6.45, 7) is 5.09. The van der Waals surface area contributed by atoms with Crippen molar-refractivity contribution in [2.45, 2.75) is 26.1 Å². The smallest absolute Gasteiger partial charge is 0.161 e. The molecule has 27 heavy (non-hydrogen) atoms. The van der Waals surface area contributed by atoms with Crippen molar-refractivity contribution in [3.63, 3.8) is 0 Å². The molecule has 0 fully saturated rings. The summed E-state index contributed by atoms with van der Waals surface area (Å²) in [5.41, 5.74) is 2.44. The third kappa shape index (κ3) is 6.05. The number of methoxy groups -OCH3 is 4. The minimum absolute atomic E-state index is 0.498. The lowest BCUT2D eigenvalue weighted by Gasteiger charge is -2.12. The number of hydrogen-bond donors (Lipinski definition) is 2. The van der Waals surface area contributed by atoms with Crippen LogP contribution in [0.25, 0.3) is 0 Å². The van der Waals surface area contributed by atoms with E-state index in [-0.39, 0.29) is 0 Å². The first kappa shape index (κ1) is 20.9. The van der Waals surface area contributed by atoms with E-state index in [1.165, 1.54) is 11.1 Å². The summed E-state index contributed by atoms with van der Waals surface area (Å²) in [5.74, 6) is 3.07. The first-order chi connectivity index (χ1) is 13.1. The van der Waals surface area contributed by atoms with Gasteiger partial charge in [0.2, 0.25) is 0 Å². The van der Waals surface area contributed by atoms with Crippen molar-refractivity contribution in [3.05, 3.63) is 47.5 Å². The maximum atomic E-state index is 5.37. The molecule has 2 aromatic carbocycles. The molecule has 2 rings (SSSR count). The fourth-order valence-corrected chi connectivity index (χ4v) is 2.96. The molecule has 0 aliphatic heterocycles. The minimum atomic E-state index is 0.498. The molecule has 1 atom stereocenters. The van der Waals surface area contributed by atoms with E-state index in [2.05, 4.69) is 29.7 Å². The summed E-state index contributed by atoms with van der Waals surface area (Å²) < 4.78 is 21.3. The molecular weight excluding hydrogens is 344 g/mol. The van der Waals surface area contributed by atoms with Gasteiger partial charge in [0, 0.05) is 11.1 Å². The molecule has 0 saturated carbocycles. The standard InChI is InChI=1S/C21H30N2O4/c1-15(23-14-17-7-9-19(25-3)21(11-17)27-5)12-22-13-16-6-8-18(24-2)20(10-16)26-4/h6-11,15,22-23H,12-14H2,1-5H3/p+2/t15-/m0/s1. The van der Waals surface area contributed by atoms with Crippen LogP contribution in [0.3, 0.4) is 0 Å². The first-order valence-electron chi connectivity index (χ1n) is 9.18. The summed E-state index contributed by atoms with van der Waals surface area (Å²) in [6, 6.07) is 12.6. The second-order valence-corrected chi connectivity index (χ2v) is 6.52. The third-order valence-corrected chi connectivity index (χ3v) is 4.57. The number of hydrogen-bond acceptors (Lipinski definition) is 4. The molecule has 4 N–H and O–H groups in total. The number of nitrogens with two attached hydrogens (primary N) is 2. The Kier molecular flexibility index (Phi) is 8.23. The van der Waals surface area contributed by atoms with Gasteiger partial charge >= 0.3 is 0 Å². The van der Waals surface area contributed by atoms with Gasteiger partial charge in [0.25, 0.3) is 0 Å². The van der Waals surface area contributed by atoms with Crippen LogP contribution >= 0.6 is 0 Å². The topological polar surface area (TPSA) is 70.1 Å². The van der Waals surface area contributed by atoms with Crippen molar-refractivity contribution < 1.29 is 29.6 Å². The van der Waals surface area contributed by atoms with Gasteiger partial charge in [-0.15, -0.1) is 0 Å². The zero-order valence-corrected chi connectivity index (χ0v) is 17.0. The van der Waals surface area contributed by atoms with Crippen LogP contribution in [-0.4, -0.2) is 41.0 Å². The van der Waals surface area contributed by atoms with E-state index in [0.717, 1.165) is 42.6 Å². The molecule has 0 unspecified atom stereocenters. The molecule has 148 valence electrons. The van der Waals surface area contributed by atoms with Crippen LogP contribution < -0.4 is 29.6 Å². The van der Waals surface area contributed by atoms with E-state index in [0.29, 0.717) is 6.04 Å². The Labute approximate surface area is 161 Å². The second kappa shape index (κ2) is 10.6. The first-order valence-corrected chi connectivity index (χ1v) is 9.18. The van der Waals surface area contributed by atoms with Gasteiger partial charge in [0.1, 0.15) is 25.7 Å². The summed E-state index contributed by atoms with van der Waals surface area (Å²) in [7, 11) is 6.63. The summed E-state index contributed by atoms with van der Waals surface area (Å²) in [6.07, 6.45) is 0. The van der Waals surface area contributed by atoms with Gasteiger partial charge in [-0.3, -0.25) is 0 Å². The summed E-state index contributed by atoms with van der Waals surface area (Å²) >= 11 is 0. The van der Waals surface area contributed by atoms with Crippen LogP contribution in [0.1, 0.15) is 18.1 Å². The van der Waals surface area contributed by atoms with Gasteiger partial charge in [-0.1, -0.05) is 0 Å². The average Bonchev–Trinajstić information content (AvgIpc) is 2.71. The zero-order chi connectivity index (χ0) is 19.6. The summed E-state index contributed by atoms with van der Waals surface area (Å²) in [4.78, 5) is 0. The van der Waals surface area contributed by atoms with E-state index in [1.807, 2.05) is 24.3 Å². The van der Waals surface area contributed by atoms with E-state index in [9.17, 15) is 0 Å². The van der Waals surface area contributed by atoms with Crippen LogP contribution in [0.2, 0.25) is 0 Å². The number of rotatable bonds is 11. The highest BCUT2D eigenvalue weighted by Crippen LogP contribution is 2.27. The maximum Gasteiger partial charge on any atom is 0.161 e. The van der Waals surface area contributed by atoms with Crippen molar-refractivity contribution in [2.75, 3.05) is 35.0 Å². The maximum absolute atomic E-state index is 5.37. The van der Waals surface area contributed by atoms with E-state index in [1.54, 1.807) is 28.4 Å². The summed E-state index contributed by atoms with van der Waals surface area (Å²) in [5, 5.41) is 4.66. The Morgan fingerprint density at radius 1 is 0.704 bits per heavy atom. The van der Waals surface area contributed by atoms with Crippen molar-refractivity contribution in [1.82, 2.24) is 0 Å². The Morgan fingerprint density at radius 2 is 1.19 bits per heavy atom. The molecule has 0 saturated heterocycles. The van der Waals surface area contributed by atoms with E-state index >= 15 is 0 Å². The highest BCUT2D eigenvalue weighted by atomic mass is 16.5. The lowest BCUT2D eigenvalue weighted by atomic mass is 10.1. The van der Waals surface area contributed by atoms with Crippen LogP contribution in [-0.2, 0) is 13.1 Å². The Morgan fingerprint density at radius 3 is 1.67 bits per heavy atom. The Balaban J connectivity index is 1.79. The predicted octanol–water partition coefficient (Wildman–Crippen LogP) is 0.937. The van der Waals surface area contributed by atoms with Gasteiger partial charge in [0.05, 0.1) is 28.4 Å². The second-order valence-electron chi connectivity index (χ2n) is 6.52. The third-order valence-electron chi connectivity index (χ3n) is 4.57. The van der Waals surface area contributed by atoms with Gasteiger partial charge < -0.3 is 29.6 Å². The molecule has 6 nitrogen and oxygen atoms in total. The largest absolute Gasteiger partial charge is 0.493 e. The normalized spacial score (nSPS) is 11.7. The molecule has 0 aromatic heterocycles. The fraction of sp³-hybridized carbons (Fsp3) is 0.429. The predicted molar refractivity (Wildman–Crippen MR) is 105 cm³/mol. The highest BCUT2D eigenvalue weighted by molar-refractivity contribution is 5.43. The number of ether oxygens (including phenoxy) is 4. The van der Waals surface area contributed by atoms with Crippen molar-refractivity contribution in [1.29, 1.82) is 0 Å². The van der Waals surface area contributed by atoms with Crippen LogP contribution in [0.4, 0.5) is 0 Å². The molecule has 2 aromatic rings. The van der Waals surface area contributed by atoms with Crippen LogP contribution in [0.15, 0.2) is 36.4 Å². The van der Waals surface area contributed by atoms with Crippen molar-refractivity contribution in [3.8, 4) is 23.0 Å². The van der Waals surface area contributed by atoms with Gasteiger partial charge in [-0.05, 0) is 43.3 Å². The average molecular weight is 376 g/mol. The van der Waals surface area contributed by atoms with Crippen molar-refractivity contribution >= 4 is 0 Å². The molecule has 0 aliphatic rings. The monoisotopic (exact) mass is 376 g/mol. The SMILES string of the molecule is COc1ccc(C[NH2+]C[C@H](C)[NH2+]Cc2ccc(OC)c(OC)c2)cc1OC. The van der Waals surface area contributed by atoms with Crippen LogP contribution in [0, 0.1) is 0 Å². The molecule has 0 amide bonds. The Bertz CT molecular complexity index is 721.